The summed E-state index contributed by atoms with van der Waals surface area (Å²) in [7, 11) is 5.53. The molecule has 0 radical (unpaired) electrons. The van der Waals surface area contributed by atoms with Gasteiger partial charge >= 0.3 is 0 Å². The van der Waals surface area contributed by atoms with Crippen LogP contribution in [0.15, 0.2) is 30.3 Å². The van der Waals surface area contributed by atoms with Gasteiger partial charge in [0.1, 0.15) is 0 Å². The molecule has 0 fully saturated rings. The highest BCUT2D eigenvalue weighted by molar-refractivity contribution is 5.43. The van der Waals surface area contributed by atoms with Crippen LogP contribution in [0.4, 0.5) is 17.8 Å². The van der Waals surface area contributed by atoms with Crippen molar-refractivity contribution in [2.75, 3.05) is 36.7 Å². The van der Waals surface area contributed by atoms with E-state index in [-0.39, 0.29) is 0 Å². The molecule has 0 aliphatic heterocycles. The van der Waals surface area contributed by atoms with Crippen LogP contribution in [-0.4, -0.2) is 36.1 Å². The number of hydrogen-bond donors (Lipinski definition) is 2. The molecule has 0 unspecified atom stereocenters. The largest absolute Gasteiger partial charge is 0.357 e. The van der Waals surface area contributed by atoms with Crippen molar-refractivity contribution < 1.29 is 0 Å². The van der Waals surface area contributed by atoms with Gasteiger partial charge in [0, 0.05) is 27.7 Å². The number of nitrogens with one attached hydrogen (secondary N) is 2. The lowest BCUT2D eigenvalue weighted by Crippen LogP contribution is -2.20. The van der Waals surface area contributed by atoms with Crippen molar-refractivity contribution in [2.24, 2.45) is 0 Å². The summed E-state index contributed by atoms with van der Waals surface area (Å²) in [5, 5.41) is 5.86. The fourth-order valence-corrected chi connectivity index (χ4v) is 1.69. The summed E-state index contributed by atoms with van der Waals surface area (Å²) in [4.78, 5) is 14.9. The molecule has 6 nitrogen and oxygen atoms in total. The quantitative estimate of drug-likeness (QED) is 0.849. The van der Waals surface area contributed by atoms with Gasteiger partial charge in [0.25, 0.3) is 0 Å². The second-order valence-corrected chi connectivity index (χ2v) is 4.12. The molecule has 1 aromatic carbocycles. The number of anilines is 3. The van der Waals surface area contributed by atoms with Crippen LogP contribution >= 0.6 is 0 Å². The molecular weight excluding hydrogens is 240 g/mol. The lowest BCUT2D eigenvalue weighted by molar-refractivity contribution is 0.856. The lowest BCUT2D eigenvalue weighted by Gasteiger charge is -2.18. The topological polar surface area (TPSA) is 66.0 Å². The van der Waals surface area contributed by atoms with Gasteiger partial charge in [-0.25, -0.2) is 0 Å². The summed E-state index contributed by atoms with van der Waals surface area (Å²) in [6, 6.07) is 10.2. The van der Waals surface area contributed by atoms with Crippen molar-refractivity contribution in [1.29, 1.82) is 0 Å². The fourth-order valence-electron chi connectivity index (χ4n) is 1.69. The first-order valence-corrected chi connectivity index (χ1v) is 6.09. The van der Waals surface area contributed by atoms with Gasteiger partial charge in [0.05, 0.1) is 0 Å². The van der Waals surface area contributed by atoms with Crippen LogP contribution in [0.1, 0.15) is 5.56 Å². The number of aromatic nitrogens is 3. The average Bonchev–Trinajstić information content (AvgIpc) is 2.47. The molecule has 6 heteroatoms. The van der Waals surface area contributed by atoms with E-state index in [9.17, 15) is 0 Å². The van der Waals surface area contributed by atoms with Gasteiger partial charge in [0.15, 0.2) is 0 Å². The summed E-state index contributed by atoms with van der Waals surface area (Å²) in [5.41, 5.74) is 1.21. The Kier molecular flexibility index (Phi) is 4.12. The van der Waals surface area contributed by atoms with Crippen LogP contribution in [-0.2, 0) is 6.54 Å². The zero-order valence-corrected chi connectivity index (χ0v) is 11.4. The van der Waals surface area contributed by atoms with Gasteiger partial charge in [-0.1, -0.05) is 30.3 Å². The van der Waals surface area contributed by atoms with E-state index in [1.807, 2.05) is 30.1 Å². The van der Waals surface area contributed by atoms with Gasteiger partial charge in [0.2, 0.25) is 17.8 Å². The van der Waals surface area contributed by atoms with E-state index >= 15 is 0 Å². The molecular formula is C13H18N6. The molecule has 0 aliphatic rings. The van der Waals surface area contributed by atoms with Crippen molar-refractivity contribution >= 4 is 17.8 Å². The standard InChI is InChI=1S/C13H18N6/c1-14-11-16-12(15-2)18-13(17-11)19(3)9-10-7-5-4-6-8-10/h4-8H,9H2,1-3H3,(H2,14,15,16,17,18). The summed E-state index contributed by atoms with van der Waals surface area (Å²) in [6.07, 6.45) is 0. The van der Waals surface area contributed by atoms with Gasteiger partial charge in [-0.05, 0) is 5.56 Å². The van der Waals surface area contributed by atoms with Crippen LogP contribution in [0.2, 0.25) is 0 Å². The second kappa shape index (κ2) is 5.99. The maximum atomic E-state index is 4.35. The zero-order chi connectivity index (χ0) is 13.7. The number of hydrogen-bond acceptors (Lipinski definition) is 6. The molecule has 0 saturated carbocycles. The minimum absolute atomic E-state index is 0.550. The van der Waals surface area contributed by atoms with E-state index in [1.165, 1.54) is 5.56 Å². The van der Waals surface area contributed by atoms with E-state index < -0.39 is 0 Å². The summed E-state index contributed by atoms with van der Waals surface area (Å²) >= 11 is 0. The summed E-state index contributed by atoms with van der Waals surface area (Å²) < 4.78 is 0. The van der Waals surface area contributed by atoms with Crippen LogP contribution in [0.25, 0.3) is 0 Å². The molecule has 0 aliphatic carbocycles. The van der Waals surface area contributed by atoms with Crippen LogP contribution in [0.3, 0.4) is 0 Å². The Bertz CT molecular complexity index is 506. The van der Waals surface area contributed by atoms with E-state index in [1.54, 1.807) is 14.1 Å². The summed E-state index contributed by atoms with van der Waals surface area (Å²) in [5.74, 6) is 1.73. The molecule has 2 rings (SSSR count). The summed E-state index contributed by atoms with van der Waals surface area (Å²) in [6.45, 7) is 0.747. The molecule has 0 bridgehead atoms. The van der Waals surface area contributed by atoms with Crippen molar-refractivity contribution in [3.63, 3.8) is 0 Å². The minimum Gasteiger partial charge on any atom is -0.357 e. The Labute approximate surface area is 112 Å². The van der Waals surface area contributed by atoms with Gasteiger partial charge in [-0.2, -0.15) is 15.0 Å². The Morgan fingerprint density at radius 3 is 2.05 bits per heavy atom. The SMILES string of the molecule is CNc1nc(NC)nc(N(C)Cc2ccccc2)n1. The maximum Gasteiger partial charge on any atom is 0.231 e. The molecule has 100 valence electrons. The second-order valence-electron chi connectivity index (χ2n) is 4.12. The molecule has 0 atom stereocenters. The number of nitrogens with zero attached hydrogens (tertiary/aromatic N) is 4. The Balaban J connectivity index is 2.20. The molecule has 0 saturated heterocycles. The number of rotatable bonds is 5. The van der Waals surface area contributed by atoms with E-state index in [2.05, 4.69) is 37.7 Å². The lowest BCUT2D eigenvalue weighted by atomic mass is 10.2. The highest BCUT2D eigenvalue weighted by atomic mass is 15.3. The zero-order valence-electron chi connectivity index (χ0n) is 11.4. The Morgan fingerprint density at radius 2 is 1.53 bits per heavy atom. The molecule has 1 aromatic heterocycles. The van der Waals surface area contributed by atoms with Crippen molar-refractivity contribution in [3.05, 3.63) is 35.9 Å². The van der Waals surface area contributed by atoms with Crippen molar-refractivity contribution in [1.82, 2.24) is 15.0 Å². The molecule has 2 aromatic rings. The van der Waals surface area contributed by atoms with Crippen LogP contribution in [0, 0.1) is 0 Å². The molecule has 0 amide bonds. The third kappa shape index (κ3) is 3.31. The van der Waals surface area contributed by atoms with Crippen LogP contribution in [0.5, 0.6) is 0 Å². The van der Waals surface area contributed by atoms with Gasteiger partial charge in [-0.3, -0.25) is 0 Å². The maximum absolute atomic E-state index is 4.35. The van der Waals surface area contributed by atoms with Gasteiger partial charge < -0.3 is 15.5 Å². The normalized spacial score (nSPS) is 10.1. The first-order valence-electron chi connectivity index (χ1n) is 6.09. The first-order chi connectivity index (χ1) is 9.22. The van der Waals surface area contributed by atoms with E-state index in [0.29, 0.717) is 17.8 Å². The monoisotopic (exact) mass is 258 g/mol. The third-order valence-corrected chi connectivity index (χ3v) is 2.67. The Morgan fingerprint density at radius 1 is 0.947 bits per heavy atom. The fraction of sp³-hybridized carbons (Fsp3) is 0.308. The van der Waals surface area contributed by atoms with Crippen molar-refractivity contribution in [3.8, 4) is 0 Å². The predicted molar refractivity (Wildman–Crippen MR) is 77.5 cm³/mol. The smallest absolute Gasteiger partial charge is 0.231 e. The molecule has 19 heavy (non-hydrogen) atoms. The average molecular weight is 258 g/mol. The molecule has 2 N–H and O–H groups in total. The highest BCUT2D eigenvalue weighted by Gasteiger charge is 2.09. The predicted octanol–water partition coefficient (Wildman–Crippen LogP) is 1.59. The third-order valence-electron chi connectivity index (χ3n) is 2.67. The van der Waals surface area contributed by atoms with Crippen molar-refractivity contribution in [2.45, 2.75) is 6.54 Å². The number of benzene rings is 1. The first kappa shape index (κ1) is 13.1. The minimum atomic E-state index is 0.550. The van der Waals surface area contributed by atoms with E-state index in [0.717, 1.165) is 6.54 Å². The van der Waals surface area contributed by atoms with E-state index in [4.69, 9.17) is 0 Å². The van der Waals surface area contributed by atoms with Gasteiger partial charge in [-0.15, -0.1) is 0 Å². The Hall–Kier alpha value is -2.37. The molecule has 1 heterocycles. The molecule has 0 spiro atoms. The highest BCUT2D eigenvalue weighted by Crippen LogP contribution is 2.14. The van der Waals surface area contributed by atoms with Crippen LogP contribution < -0.4 is 15.5 Å².